The molecule has 2 N–H and O–H groups in total. The average molecular weight is 322 g/mol. The van der Waals surface area contributed by atoms with Crippen LogP contribution in [0.3, 0.4) is 0 Å². The van der Waals surface area contributed by atoms with E-state index >= 15 is 0 Å². The van der Waals surface area contributed by atoms with Crippen molar-refractivity contribution in [3.63, 3.8) is 0 Å². The summed E-state index contributed by atoms with van der Waals surface area (Å²) in [6, 6.07) is 0. The number of aryl methyl sites for hydroxylation is 2. The number of nitrogens with one attached hydrogen (secondary N) is 2. The SMILES string of the molecule is CCN(CC)CCNC(=O)c1sc2nc(C)[nH]c(=O)c2c1C. The number of likely N-dealkylation sites (N-methyl/N-ethyl adjacent to an activating group) is 1. The van der Waals surface area contributed by atoms with Crippen LogP contribution in [0.1, 0.15) is 34.9 Å². The van der Waals surface area contributed by atoms with Gasteiger partial charge in [-0.2, -0.15) is 0 Å². The number of carbonyl (C=O) groups is 1. The van der Waals surface area contributed by atoms with Gasteiger partial charge in [0.25, 0.3) is 11.5 Å². The molecule has 0 aliphatic carbocycles. The van der Waals surface area contributed by atoms with Crippen LogP contribution < -0.4 is 10.9 Å². The highest BCUT2D eigenvalue weighted by molar-refractivity contribution is 7.20. The molecule has 22 heavy (non-hydrogen) atoms. The molecular formula is C15H22N4O2S. The zero-order chi connectivity index (χ0) is 16.3. The number of aromatic nitrogens is 2. The van der Waals surface area contributed by atoms with Crippen molar-refractivity contribution < 1.29 is 4.79 Å². The van der Waals surface area contributed by atoms with E-state index in [-0.39, 0.29) is 11.5 Å². The Balaban J connectivity index is 2.17. The Kier molecular flexibility index (Phi) is 5.31. The van der Waals surface area contributed by atoms with E-state index in [0.29, 0.717) is 33.0 Å². The maximum atomic E-state index is 12.3. The van der Waals surface area contributed by atoms with Crippen molar-refractivity contribution in [1.82, 2.24) is 20.2 Å². The fourth-order valence-corrected chi connectivity index (χ4v) is 3.56. The quantitative estimate of drug-likeness (QED) is 0.848. The molecule has 2 rings (SSSR count). The first kappa shape index (κ1) is 16.6. The summed E-state index contributed by atoms with van der Waals surface area (Å²) in [6.45, 7) is 11.1. The highest BCUT2D eigenvalue weighted by atomic mass is 32.1. The van der Waals surface area contributed by atoms with Crippen LogP contribution in [0.4, 0.5) is 0 Å². The van der Waals surface area contributed by atoms with Crippen LogP contribution in [-0.4, -0.2) is 47.0 Å². The molecule has 2 heterocycles. The van der Waals surface area contributed by atoms with Gasteiger partial charge >= 0.3 is 0 Å². The molecule has 2 aromatic rings. The van der Waals surface area contributed by atoms with E-state index in [1.165, 1.54) is 11.3 Å². The highest BCUT2D eigenvalue weighted by Crippen LogP contribution is 2.26. The summed E-state index contributed by atoms with van der Waals surface area (Å²) in [5.41, 5.74) is 0.521. The number of hydrogen-bond acceptors (Lipinski definition) is 5. The summed E-state index contributed by atoms with van der Waals surface area (Å²) < 4.78 is 0. The second-order valence-corrected chi connectivity index (χ2v) is 6.17. The third-order valence-electron chi connectivity index (χ3n) is 3.73. The molecule has 0 fully saturated rings. The standard InChI is InChI=1S/C15H22N4O2S/c1-5-19(6-2)8-7-16-14(21)12-9(3)11-13(20)17-10(4)18-15(11)22-12/h5-8H2,1-4H3,(H,16,21)(H,17,18,20). The van der Waals surface area contributed by atoms with Crippen molar-refractivity contribution in [2.75, 3.05) is 26.2 Å². The van der Waals surface area contributed by atoms with Crippen molar-refractivity contribution in [1.29, 1.82) is 0 Å². The number of hydrogen-bond donors (Lipinski definition) is 2. The lowest BCUT2D eigenvalue weighted by Gasteiger charge is -2.17. The third kappa shape index (κ3) is 3.36. The predicted molar refractivity (Wildman–Crippen MR) is 89.8 cm³/mol. The molecule has 0 saturated carbocycles. The van der Waals surface area contributed by atoms with E-state index in [9.17, 15) is 9.59 Å². The topological polar surface area (TPSA) is 78.1 Å². The molecule has 0 spiro atoms. The van der Waals surface area contributed by atoms with Crippen LogP contribution in [0.15, 0.2) is 4.79 Å². The third-order valence-corrected chi connectivity index (χ3v) is 4.92. The average Bonchev–Trinajstić information content (AvgIpc) is 2.80. The Morgan fingerprint density at radius 2 is 2.00 bits per heavy atom. The van der Waals surface area contributed by atoms with Crippen molar-refractivity contribution in [2.45, 2.75) is 27.7 Å². The summed E-state index contributed by atoms with van der Waals surface area (Å²) in [5.74, 6) is 0.428. The first-order valence-electron chi connectivity index (χ1n) is 7.48. The molecule has 0 atom stereocenters. The molecule has 120 valence electrons. The molecule has 0 bridgehead atoms. The number of carbonyl (C=O) groups excluding carboxylic acids is 1. The van der Waals surface area contributed by atoms with Crippen molar-refractivity contribution >= 4 is 27.5 Å². The van der Waals surface area contributed by atoms with E-state index in [1.807, 2.05) is 0 Å². The summed E-state index contributed by atoms with van der Waals surface area (Å²) in [6.07, 6.45) is 0. The Morgan fingerprint density at radius 1 is 1.32 bits per heavy atom. The molecular weight excluding hydrogens is 300 g/mol. The smallest absolute Gasteiger partial charge is 0.261 e. The van der Waals surface area contributed by atoms with Crippen LogP contribution in [0.5, 0.6) is 0 Å². The number of amides is 1. The Bertz CT molecular complexity index is 731. The van der Waals surface area contributed by atoms with Crippen LogP contribution >= 0.6 is 11.3 Å². The lowest BCUT2D eigenvalue weighted by atomic mass is 10.2. The lowest BCUT2D eigenvalue weighted by Crippen LogP contribution is -2.34. The van der Waals surface area contributed by atoms with Gasteiger partial charge in [-0.15, -0.1) is 11.3 Å². The molecule has 0 saturated heterocycles. The van der Waals surface area contributed by atoms with E-state index < -0.39 is 0 Å². The fraction of sp³-hybridized carbons (Fsp3) is 0.533. The summed E-state index contributed by atoms with van der Waals surface area (Å²) in [7, 11) is 0. The molecule has 0 aromatic carbocycles. The first-order chi connectivity index (χ1) is 10.5. The molecule has 2 aromatic heterocycles. The van der Waals surface area contributed by atoms with Gasteiger partial charge in [-0.05, 0) is 32.5 Å². The van der Waals surface area contributed by atoms with Crippen LogP contribution in [0, 0.1) is 13.8 Å². The Morgan fingerprint density at radius 3 is 2.64 bits per heavy atom. The maximum Gasteiger partial charge on any atom is 0.261 e. The van der Waals surface area contributed by atoms with Gasteiger partial charge in [-0.3, -0.25) is 9.59 Å². The van der Waals surface area contributed by atoms with Gasteiger partial charge in [0.15, 0.2) is 0 Å². The summed E-state index contributed by atoms with van der Waals surface area (Å²) in [5, 5.41) is 3.44. The summed E-state index contributed by atoms with van der Waals surface area (Å²) in [4.78, 5) is 34.8. The monoisotopic (exact) mass is 322 g/mol. The number of aromatic amines is 1. The van der Waals surface area contributed by atoms with E-state index in [1.54, 1.807) is 13.8 Å². The first-order valence-corrected chi connectivity index (χ1v) is 8.30. The number of fused-ring (bicyclic) bond motifs is 1. The maximum absolute atomic E-state index is 12.3. The Hall–Kier alpha value is -1.73. The molecule has 0 radical (unpaired) electrons. The zero-order valence-electron chi connectivity index (χ0n) is 13.4. The minimum Gasteiger partial charge on any atom is -0.350 e. The van der Waals surface area contributed by atoms with Crippen LogP contribution in [-0.2, 0) is 0 Å². The van der Waals surface area contributed by atoms with Gasteiger partial charge in [0.05, 0.1) is 10.3 Å². The van der Waals surface area contributed by atoms with Gasteiger partial charge in [0.2, 0.25) is 0 Å². The number of nitrogens with zero attached hydrogens (tertiary/aromatic N) is 2. The van der Waals surface area contributed by atoms with Gasteiger partial charge < -0.3 is 15.2 Å². The second kappa shape index (κ2) is 7.02. The number of thiophene rings is 1. The minimum atomic E-state index is -0.182. The zero-order valence-corrected chi connectivity index (χ0v) is 14.3. The largest absolute Gasteiger partial charge is 0.350 e. The van der Waals surface area contributed by atoms with E-state index in [4.69, 9.17) is 0 Å². The van der Waals surface area contributed by atoms with E-state index in [0.717, 1.165) is 19.6 Å². The van der Waals surface area contributed by atoms with Crippen molar-refractivity contribution in [3.05, 3.63) is 26.6 Å². The normalized spacial score (nSPS) is 11.3. The number of H-pyrrole nitrogens is 1. The van der Waals surface area contributed by atoms with Crippen LogP contribution in [0.25, 0.3) is 10.2 Å². The molecule has 0 unspecified atom stereocenters. The molecule has 0 aliphatic rings. The lowest BCUT2D eigenvalue weighted by molar-refractivity contribution is 0.0952. The van der Waals surface area contributed by atoms with Crippen LogP contribution in [0.2, 0.25) is 0 Å². The van der Waals surface area contributed by atoms with Crippen molar-refractivity contribution in [2.24, 2.45) is 0 Å². The fourth-order valence-electron chi connectivity index (χ4n) is 2.42. The van der Waals surface area contributed by atoms with Gasteiger partial charge in [0.1, 0.15) is 10.7 Å². The van der Waals surface area contributed by atoms with Gasteiger partial charge in [-0.1, -0.05) is 13.8 Å². The van der Waals surface area contributed by atoms with Gasteiger partial charge in [0, 0.05) is 13.1 Å². The number of rotatable bonds is 6. The molecule has 0 aliphatic heterocycles. The highest BCUT2D eigenvalue weighted by Gasteiger charge is 2.18. The molecule has 1 amide bonds. The summed E-state index contributed by atoms with van der Waals surface area (Å²) >= 11 is 1.27. The van der Waals surface area contributed by atoms with E-state index in [2.05, 4.69) is 34.0 Å². The van der Waals surface area contributed by atoms with Crippen molar-refractivity contribution in [3.8, 4) is 0 Å². The molecule has 7 heteroatoms. The Labute approximate surface area is 133 Å². The second-order valence-electron chi connectivity index (χ2n) is 5.17. The predicted octanol–water partition coefficient (Wildman–Crippen LogP) is 1.67. The minimum absolute atomic E-state index is 0.135. The van der Waals surface area contributed by atoms with Gasteiger partial charge in [-0.25, -0.2) is 4.98 Å². The molecule has 6 nitrogen and oxygen atoms in total.